The van der Waals surface area contributed by atoms with Gasteiger partial charge in [0.25, 0.3) is 0 Å². The van der Waals surface area contributed by atoms with Crippen LogP contribution in [0.1, 0.15) is 34.0 Å². The molecule has 232 valence electrons. The van der Waals surface area contributed by atoms with Crippen LogP contribution in [-0.4, -0.2) is 58.1 Å². The number of allylic oxidation sites excluding steroid dienone is 2. The topological polar surface area (TPSA) is 108 Å². The van der Waals surface area contributed by atoms with Gasteiger partial charge in [0.1, 0.15) is 11.4 Å². The molecule has 0 fully saturated rings. The molecule has 0 bridgehead atoms. The molecule has 0 saturated carbocycles. The van der Waals surface area contributed by atoms with E-state index in [1.807, 2.05) is 79.1 Å². The summed E-state index contributed by atoms with van der Waals surface area (Å²) in [5, 5.41) is 17.5. The van der Waals surface area contributed by atoms with Crippen LogP contribution in [0.3, 0.4) is 0 Å². The standard InChI is InChI=1S/C33H28BF2N11/c35-34(36)47-18-6-10-32(47)33(31-9-5-17-39-31)25-11-13-30(14-12-25)44(19-28-23-45(42-40-28)21-26-7-1-3-15-37-26)20-29-24-46(43-41-29)22-27-8-2-4-16-38-27/h1-18,23-24H,19-22H2/b33-31+. The van der Waals surface area contributed by atoms with Gasteiger partial charge in [0.05, 0.1) is 55.7 Å². The molecule has 0 N–H and O–H groups in total. The molecule has 11 nitrogen and oxygen atoms in total. The maximum atomic E-state index is 13.9. The average molecular weight is 627 g/mol. The molecule has 0 amide bonds. The number of pyridine rings is 2. The highest BCUT2D eigenvalue weighted by Gasteiger charge is 2.24. The van der Waals surface area contributed by atoms with Crippen molar-refractivity contribution in [3.8, 4) is 0 Å². The van der Waals surface area contributed by atoms with Gasteiger partial charge in [0, 0.05) is 35.6 Å². The number of benzene rings is 1. The second-order valence-electron chi connectivity index (χ2n) is 10.8. The Labute approximate surface area is 269 Å². The third kappa shape index (κ3) is 6.96. The molecule has 0 saturated heterocycles. The predicted molar refractivity (Wildman–Crippen MR) is 175 cm³/mol. The first-order valence-electron chi connectivity index (χ1n) is 14.9. The molecule has 7 rings (SSSR count). The molecule has 0 atom stereocenters. The Bertz CT molecular complexity index is 1940. The van der Waals surface area contributed by atoms with Crippen molar-refractivity contribution < 1.29 is 8.63 Å². The second-order valence-corrected chi connectivity index (χ2v) is 10.8. The largest absolute Gasteiger partial charge is 0.677 e. The van der Waals surface area contributed by atoms with Gasteiger partial charge in [0.15, 0.2) is 0 Å². The fraction of sp³-hybridized carbons (Fsp3) is 0.121. The van der Waals surface area contributed by atoms with Gasteiger partial charge in [-0.05, 0) is 72.4 Å². The van der Waals surface area contributed by atoms with Crippen LogP contribution in [0.5, 0.6) is 0 Å². The highest BCUT2D eigenvalue weighted by molar-refractivity contribution is 6.41. The van der Waals surface area contributed by atoms with Crippen molar-refractivity contribution >= 4 is 24.9 Å². The number of nitrogens with zero attached hydrogens (tertiary/aromatic N) is 11. The van der Waals surface area contributed by atoms with Crippen molar-refractivity contribution in [3.63, 3.8) is 0 Å². The summed E-state index contributed by atoms with van der Waals surface area (Å²) in [5.41, 5.74) is 6.54. The minimum absolute atomic E-state index is 0.386. The molecular formula is C33H28BF2N11. The molecule has 0 spiro atoms. The van der Waals surface area contributed by atoms with E-state index in [0.717, 1.165) is 38.5 Å². The van der Waals surface area contributed by atoms with Crippen molar-refractivity contribution in [1.82, 2.24) is 44.4 Å². The maximum Gasteiger partial charge on any atom is 0.677 e. The fourth-order valence-corrected chi connectivity index (χ4v) is 5.41. The summed E-state index contributed by atoms with van der Waals surface area (Å²) in [4.78, 5) is 15.3. The van der Waals surface area contributed by atoms with Crippen molar-refractivity contribution in [3.05, 3.63) is 156 Å². The van der Waals surface area contributed by atoms with E-state index in [2.05, 4.69) is 40.5 Å². The van der Waals surface area contributed by atoms with Crippen molar-refractivity contribution in [2.24, 2.45) is 4.99 Å². The molecule has 1 aliphatic rings. The summed E-state index contributed by atoms with van der Waals surface area (Å²) < 4.78 is 32.3. The fourth-order valence-electron chi connectivity index (χ4n) is 5.41. The van der Waals surface area contributed by atoms with Gasteiger partial charge < -0.3 is 9.38 Å². The smallest absolute Gasteiger partial charge is 0.359 e. The lowest BCUT2D eigenvalue weighted by atomic mass is 9.98. The summed E-state index contributed by atoms with van der Waals surface area (Å²) in [6.07, 6.45) is 14.0. The average Bonchev–Trinajstić information content (AvgIpc) is 3.92. The van der Waals surface area contributed by atoms with Crippen molar-refractivity contribution in [2.75, 3.05) is 4.90 Å². The first kappa shape index (κ1) is 29.7. The van der Waals surface area contributed by atoms with Crippen molar-refractivity contribution in [2.45, 2.75) is 26.2 Å². The number of anilines is 1. The SMILES string of the molecule is FB(F)n1cccc1/C(=C1\C=CC=N1)c1ccc(N(Cc2cn(Cc3ccccn3)nn2)Cc2cn(Cc3ccccn3)nn2)cc1. The van der Waals surface area contributed by atoms with Crippen LogP contribution in [0.15, 0.2) is 127 Å². The van der Waals surface area contributed by atoms with Crippen LogP contribution in [0, 0.1) is 0 Å². The lowest BCUT2D eigenvalue weighted by Gasteiger charge is -2.23. The Morgan fingerprint density at radius 2 is 1.36 bits per heavy atom. The molecule has 0 radical (unpaired) electrons. The van der Waals surface area contributed by atoms with E-state index >= 15 is 0 Å². The number of aromatic nitrogens is 9. The Morgan fingerprint density at radius 3 is 1.89 bits per heavy atom. The number of rotatable bonds is 12. The number of hydrogen-bond donors (Lipinski definition) is 0. The third-order valence-electron chi connectivity index (χ3n) is 7.55. The summed E-state index contributed by atoms with van der Waals surface area (Å²) in [5.74, 6) is 0. The van der Waals surface area contributed by atoms with Gasteiger partial charge >= 0.3 is 7.40 Å². The van der Waals surface area contributed by atoms with Crippen LogP contribution in [0.4, 0.5) is 14.3 Å². The highest BCUT2D eigenvalue weighted by Crippen LogP contribution is 2.32. The summed E-state index contributed by atoms with van der Waals surface area (Å²) in [6.45, 7) is 1.87. The molecule has 1 aromatic carbocycles. The quantitative estimate of drug-likeness (QED) is 0.177. The molecular weight excluding hydrogens is 599 g/mol. The van der Waals surface area contributed by atoms with Gasteiger partial charge in [0.2, 0.25) is 0 Å². The van der Waals surface area contributed by atoms with Crippen LogP contribution in [0.25, 0.3) is 5.57 Å². The van der Waals surface area contributed by atoms with E-state index in [4.69, 9.17) is 0 Å². The summed E-state index contributed by atoms with van der Waals surface area (Å²) in [6, 6.07) is 22.6. The zero-order valence-electron chi connectivity index (χ0n) is 25.1. The minimum Gasteiger partial charge on any atom is -0.359 e. The van der Waals surface area contributed by atoms with Crippen LogP contribution >= 0.6 is 0 Å². The van der Waals surface area contributed by atoms with E-state index in [9.17, 15) is 8.63 Å². The van der Waals surface area contributed by atoms with Gasteiger partial charge in [-0.25, -0.2) is 9.36 Å². The molecule has 5 aromatic heterocycles. The number of hydrogen-bond acceptors (Lipinski definition) is 8. The molecule has 1 aliphatic heterocycles. The number of aliphatic imine (C=N–C) groups is 1. The monoisotopic (exact) mass is 627 g/mol. The molecule has 14 heteroatoms. The second kappa shape index (κ2) is 13.5. The normalized spacial score (nSPS) is 13.3. The van der Waals surface area contributed by atoms with Gasteiger partial charge in [-0.3, -0.25) is 23.6 Å². The van der Waals surface area contributed by atoms with Crippen LogP contribution < -0.4 is 4.90 Å². The maximum absolute atomic E-state index is 13.9. The molecule has 0 aliphatic carbocycles. The minimum atomic E-state index is -2.68. The first-order valence-corrected chi connectivity index (χ1v) is 14.9. The van der Waals surface area contributed by atoms with Gasteiger partial charge in [-0.15, -0.1) is 10.2 Å². The first-order chi connectivity index (χ1) is 23.1. The van der Waals surface area contributed by atoms with Gasteiger partial charge in [-0.1, -0.05) is 34.7 Å². The Kier molecular flexibility index (Phi) is 8.53. The van der Waals surface area contributed by atoms with E-state index in [-0.39, 0.29) is 0 Å². The summed E-state index contributed by atoms with van der Waals surface area (Å²) >= 11 is 0. The highest BCUT2D eigenvalue weighted by atomic mass is 19.2. The van der Waals surface area contributed by atoms with E-state index in [0.29, 0.717) is 43.1 Å². The molecule has 47 heavy (non-hydrogen) atoms. The Morgan fingerprint density at radius 1 is 0.723 bits per heavy atom. The Balaban J connectivity index is 1.18. The lowest BCUT2D eigenvalue weighted by molar-refractivity contribution is 0.628. The van der Waals surface area contributed by atoms with E-state index in [1.54, 1.807) is 46.2 Å². The summed E-state index contributed by atoms with van der Waals surface area (Å²) in [7, 11) is -2.68. The predicted octanol–water partition coefficient (Wildman–Crippen LogP) is 4.94. The van der Waals surface area contributed by atoms with Gasteiger partial charge in [-0.2, -0.15) is 0 Å². The van der Waals surface area contributed by atoms with E-state index in [1.165, 1.54) is 6.20 Å². The number of halogens is 2. The zero-order valence-corrected chi connectivity index (χ0v) is 25.1. The molecule has 6 aromatic rings. The van der Waals surface area contributed by atoms with Crippen molar-refractivity contribution in [1.29, 1.82) is 0 Å². The van der Waals surface area contributed by atoms with E-state index < -0.39 is 7.40 Å². The third-order valence-corrected chi connectivity index (χ3v) is 7.55. The molecule has 0 unspecified atom stereocenters. The van der Waals surface area contributed by atoms with Crippen LogP contribution in [0.2, 0.25) is 0 Å². The lowest BCUT2D eigenvalue weighted by Crippen LogP contribution is -2.22. The Hall–Kier alpha value is -6.05. The molecule has 6 heterocycles. The van der Waals surface area contributed by atoms with Crippen LogP contribution in [-0.2, 0) is 26.2 Å². The zero-order chi connectivity index (χ0) is 32.0.